The van der Waals surface area contributed by atoms with Gasteiger partial charge in [-0.15, -0.1) is 0 Å². The number of rotatable bonds is 8. The molecule has 3 aromatic carbocycles. The molecule has 0 spiro atoms. The second kappa shape index (κ2) is 11.3. The van der Waals surface area contributed by atoms with Gasteiger partial charge in [-0.25, -0.2) is 4.79 Å². The van der Waals surface area contributed by atoms with E-state index in [-0.39, 0.29) is 24.4 Å². The Morgan fingerprint density at radius 1 is 0.973 bits per heavy atom. The van der Waals surface area contributed by atoms with Crippen LogP contribution in [-0.4, -0.2) is 34.9 Å². The number of nitrogens with one attached hydrogen (secondary N) is 2. The predicted octanol–water partition coefficient (Wildman–Crippen LogP) is 5.53. The zero-order valence-electron chi connectivity index (χ0n) is 21.7. The number of carbonyl (C=O) groups excluding carboxylic acids is 3. The van der Waals surface area contributed by atoms with Crippen LogP contribution in [0.5, 0.6) is 0 Å². The smallest absolute Gasteiger partial charge is 0.411 e. The Balaban J connectivity index is 1.55. The van der Waals surface area contributed by atoms with E-state index in [0.717, 1.165) is 23.1 Å². The van der Waals surface area contributed by atoms with E-state index in [2.05, 4.69) is 10.6 Å². The molecule has 4 rings (SSSR count). The van der Waals surface area contributed by atoms with Gasteiger partial charge in [0.05, 0.1) is 6.54 Å². The summed E-state index contributed by atoms with van der Waals surface area (Å²) in [6.45, 7) is 8.12. The van der Waals surface area contributed by atoms with Crippen molar-refractivity contribution in [1.29, 1.82) is 0 Å². The Morgan fingerprint density at radius 2 is 1.68 bits per heavy atom. The van der Waals surface area contributed by atoms with E-state index in [1.54, 1.807) is 30.3 Å². The minimum absolute atomic E-state index is 0.0377. The lowest BCUT2D eigenvalue weighted by molar-refractivity contribution is -0.127. The van der Waals surface area contributed by atoms with Crippen LogP contribution in [0.3, 0.4) is 0 Å². The van der Waals surface area contributed by atoms with Gasteiger partial charge in [-0.1, -0.05) is 66.6 Å². The molecule has 1 saturated heterocycles. The zero-order valence-corrected chi connectivity index (χ0v) is 21.7. The maximum absolute atomic E-state index is 13.4. The van der Waals surface area contributed by atoms with Crippen LogP contribution in [0.4, 0.5) is 10.5 Å². The first-order valence-electron chi connectivity index (χ1n) is 12.6. The Kier molecular flexibility index (Phi) is 7.92. The van der Waals surface area contributed by atoms with E-state index < -0.39 is 18.2 Å². The fourth-order valence-corrected chi connectivity index (χ4v) is 4.28. The van der Waals surface area contributed by atoms with Crippen molar-refractivity contribution >= 4 is 23.6 Å². The van der Waals surface area contributed by atoms with Crippen LogP contribution >= 0.6 is 0 Å². The molecule has 7 heteroatoms. The first kappa shape index (κ1) is 25.9. The summed E-state index contributed by atoms with van der Waals surface area (Å²) in [5.74, 6) is -0.465. The van der Waals surface area contributed by atoms with E-state index in [9.17, 15) is 14.4 Å². The van der Waals surface area contributed by atoms with E-state index in [1.165, 1.54) is 4.90 Å². The standard InChI is InChI=1S/C30H33N3O4/c1-5-21(4)31-29(35)26-27(37-30(36)33(26)18-22-11-9-19(2)10-12-22)23-13-15-25(16-14-23)32-28(34)24-8-6-7-20(3)17-24/h6-17,21,26-27H,5,18H2,1-4H3,(H,31,35)(H,32,34). The summed E-state index contributed by atoms with van der Waals surface area (Å²) >= 11 is 0. The van der Waals surface area contributed by atoms with Crippen molar-refractivity contribution in [2.45, 2.75) is 58.8 Å². The number of nitrogens with zero attached hydrogens (tertiary/aromatic N) is 1. The number of hydrogen-bond donors (Lipinski definition) is 2. The number of carbonyl (C=O) groups is 3. The van der Waals surface area contributed by atoms with Crippen LogP contribution in [0.1, 0.15) is 59.0 Å². The molecule has 3 aromatic rings. The molecule has 0 aromatic heterocycles. The van der Waals surface area contributed by atoms with Crippen molar-refractivity contribution < 1.29 is 19.1 Å². The molecule has 2 N–H and O–H groups in total. The third kappa shape index (κ3) is 6.17. The number of benzene rings is 3. The highest BCUT2D eigenvalue weighted by atomic mass is 16.6. The first-order chi connectivity index (χ1) is 17.7. The average Bonchev–Trinajstić information content (AvgIpc) is 3.21. The molecule has 1 fully saturated rings. The summed E-state index contributed by atoms with van der Waals surface area (Å²) in [6.07, 6.45) is -0.541. The predicted molar refractivity (Wildman–Crippen MR) is 143 cm³/mol. The van der Waals surface area contributed by atoms with Gasteiger partial charge in [0.2, 0.25) is 5.91 Å². The van der Waals surface area contributed by atoms with Crippen LogP contribution in [0.2, 0.25) is 0 Å². The van der Waals surface area contributed by atoms with Crippen molar-refractivity contribution in [3.05, 3.63) is 101 Å². The lowest BCUT2D eigenvalue weighted by Gasteiger charge is -2.25. The van der Waals surface area contributed by atoms with Crippen molar-refractivity contribution in [1.82, 2.24) is 10.2 Å². The van der Waals surface area contributed by atoms with E-state index in [1.807, 2.05) is 70.2 Å². The second-order valence-electron chi connectivity index (χ2n) is 9.63. The van der Waals surface area contributed by atoms with Crippen molar-refractivity contribution in [2.24, 2.45) is 0 Å². The maximum atomic E-state index is 13.4. The fraction of sp³-hybridized carbons (Fsp3) is 0.300. The molecule has 1 aliphatic rings. The molecule has 192 valence electrons. The minimum atomic E-state index is -0.824. The molecule has 37 heavy (non-hydrogen) atoms. The molecule has 1 heterocycles. The molecular formula is C30H33N3O4. The average molecular weight is 500 g/mol. The monoisotopic (exact) mass is 499 g/mol. The van der Waals surface area contributed by atoms with Crippen LogP contribution in [0.15, 0.2) is 72.8 Å². The molecule has 1 aliphatic heterocycles. The van der Waals surface area contributed by atoms with Gasteiger partial charge in [0.1, 0.15) is 0 Å². The van der Waals surface area contributed by atoms with Crippen molar-refractivity contribution in [3.63, 3.8) is 0 Å². The summed E-state index contributed by atoms with van der Waals surface area (Å²) in [5.41, 5.74) is 4.89. The molecular weight excluding hydrogens is 466 g/mol. The third-order valence-corrected chi connectivity index (χ3v) is 6.61. The molecule has 7 nitrogen and oxygen atoms in total. The highest BCUT2D eigenvalue weighted by Gasteiger charge is 2.47. The highest BCUT2D eigenvalue weighted by molar-refractivity contribution is 6.04. The summed E-state index contributed by atoms with van der Waals surface area (Å²) in [6, 6.07) is 21.4. The maximum Gasteiger partial charge on any atom is 0.411 e. The van der Waals surface area contributed by atoms with Gasteiger partial charge in [-0.05, 0) is 62.6 Å². The number of ether oxygens (including phenoxy) is 1. The fourth-order valence-electron chi connectivity index (χ4n) is 4.28. The molecule has 3 unspecified atom stereocenters. The Labute approximate surface area is 217 Å². The first-order valence-corrected chi connectivity index (χ1v) is 12.6. The number of hydrogen-bond acceptors (Lipinski definition) is 4. The van der Waals surface area contributed by atoms with Crippen LogP contribution in [-0.2, 0) is 16.1 Å². The molecule has 3 amide bonds. The van der Waals surface area contributed by atoms with Crippen LogP contribution in [0, 0.1) is 13.8 Å². The van der Waals surface area contributed by atoms with Crippen LogP contribution in [0.25, 0.3) is 0 Å². The Bertz CT molecular complexity index is 1270. The summed E-state index contributed by atoms with van der Waals surface area (Å²) in [5, 5.41) is 5.90. The molecule has 0 bridgehead atoms. The van der Waals surface area contributed by atoms with Gasteiger partial charge in [0.25, 0.3) is 5.91 Å². The van der Waals surface area contributed by atoms with Gasteiger partial charge in [0.15, 0.2) is 12.1 Å². The lowest BCUT2D eigenvalue weighted by Crippen LogP contribution is -2.48. The largest absolute Gasteiger partial charge is 0.438 e. The zero-order chi connectivity index (χ0) is 26.5. The van der Waals surface area contributed by atoms with Gasteiger partial charge in [-0.3, -0.25) is 14.5 Å². The summed E-state index contributed by atoms with van der Waals surface area (Å²) in [7, 11) is 0. The molecule has 3 atom stereocenters. The number of anilines is 1. The van der Waals surface area contributed by atoms with Gasteiger partial charge >= 0.3 is 6.09 Å². The SMILES string of the molecule is CCC(C)NC(=O)C1C(c2ccc(NC(=O)c3cccc(C)c3)cc2)OC(=O)N1Cc1ccc(C)cc1. The van der Waals surface area contributed by atoms with Crippen LogP contribution < -0.4 is 10.6 Å². The lowest BCUT2D eigenvalue weighted by atomic mass is 9.99. The normalized spacial score (nSPS) is 17.7. The number of amides is 3. The van der Waals surface area contributed by atoms with Gasteiger partial charge in [0, 0.05) is 17.3 Å². The van der Waals surface area contributed by atoms with E-state index in [0.29, 0.717) is 16.8 Å². The number of aryl methyl sites for hydroxylation is 2. The second-order valence-corrected chi connectivity index (χ2v) is 9.63. The Morgan fingerprint density at radius 3 is 2.32 bits per heavy atom. The number of cyclic esters (lactones) is 1. The molecule has 0 radical (unpaired) electrons. The van der Waals surface area contributed by atoms with Crippen molar-refractivity contribution in [3.8, 4) is 0 Å². The Hall–Kier alpha value is -4.13. The third-order valence-electron chi connectivity index (χ3n) is 6.61. The van der Waals surface area contributed by atoms with Gasteiger partial charge in [-0.2, -0.15) is 0 Å². The van der Waals surface area contributed by atoms with E-state index >= 15 is 0 Å². The van der Waals surface area contributed by atoms with E-state index in [4.69, 9.17) is 4.74 Å². The quantitative estimate of drug-likeness (QED) is 0.426. The summed E-state index contributed by atoms with van der Waals surface area (Å²) in [4.78, 5) is 40.4. The van der Waals surface area contributed by atoms with Gasteiger partial charge < -0.3 is 15.4 Å². The van der Waals surface area contributed by atoms with Crippen molar-refractivity contribution in [2.75, 3.05) is 5.32 Å². The minimum Gasteiger partial charge on any atom is -0.438 e. The molecule has 0 aliphatic carbocycles. The molecule has 0 saturated carbocycles. The topological polar surface area (TPSA) is 87.7 Å². The summed E-state index contributed by atoms with van der Waals surface area (Å²) < 4.78 is 5.75. The highest BCUT2D eigenvalue weighted by Crippen LogP contribution is 2.34.